The summed E-state index contributed by atoms with van der Waals surface area (Å²) in [5.74, 6) is -0.320. The van der Waals surface area contributed by atoms with Gasteiger partial charge in [-0.3, -0.25) is 4.79 Å². The number of rotatable bonds is 7. The van der Waals surface area contributed by atoms with Crippen LogP contribution in [0.1, 0.15) is 26.7 Å². The summed E-state index contributed by atoms with van der Waals surface area (Å²) in [6.45, 7) is 6.11. The smallest absolute Gasteiger partial charge is 0.224 e. The topological polar surface area (TPSA) is 60.9 Å². The van der Waals surface area contributed by atoms with Gasteiger partial charge in [0, 0.05) is 45.2 Å². The zero-order chi connectivity index (χ0) is 19.3. The number of nitrogens with zero attached hydrogens (tertiary/aromatic N) is 3. The molecule has 26 heavy (non-hydrogen) atoms. The fourth-order valence-electron chi connectivity index (χ4n) is 3.19. The molecular formula is C18H28FN3O3S. The highest BCUT2D eigenvalue weighted by Gasteiger charge is 2.26. The van der Waals surface area contributed by atoms with Crippen molar-refractivity contribution in [2.24, 2.45) is 0 Å². The van der Waals surface area contributed by atoms with Gasteiger partial charge in [0.05, 0.1) is 11.9 Å². The third-order valence-corrected chi connectivity index (χ3v) is 6.27. The number of piperazine rings is 1. The largest absolute Gasteiger partial charge is 0.366 e. The standard InChI is InChI=1S/C18H28FN3O3S/c1-4-15(2)22(26(3,24)25)10-9-18(23)21-13-11-20(12-14-21)17-8-6-5-7-16(17)19/h5-8,15H,4,9-14H2,1-3H3. The number of carbonyl (C=O) groups excluding carboxylic acids is 1. The van der Waals surface area contributed by atoms with Crippen molar-refractivity contribution in [3.8, 4) is 0 Å². The van der Waals surface area contributed by atoms with E-state index in [1.54, 1.807) is 23.1 Å². The average molecular weight is 386 g/mol. The van der Waals surface area contributed by atoms with Crippen molar-refractivity contribution in [2.75, 3.05) is 43.9 Å². The Morgan fingerprint density at radius 3 is 2.38 bits per heavy atom. The Kier molecular flexibility index (Phi) is 7.00. The first-order chi connectivity index (χ1) is 12.2. The fourth-order valence-corrected chi connectivity index (χ4v) is 4.41. The van der Waals surface area contributed by atoms with Gasteiger partial charge in [-0.05, 0) is 25.5 Å². The summed E-state index contributed by atoms with van der Waals surface area (Å²) in [5, 5.41) is 0. The highest BCUT2D eigenvalue weighted by Crippen LogP contribution is 2.20. The lowest BCUT2D eigenvalue weighted by Gasteiger charge is -2.36. The molecular weight excluding hydrogens is 357 g/mol. The van der Waals surface area contributed by atoms with Gasteiger partial charge in [-0.1, -0.05) is 19.1 Å². The predicted octanol–water partition coefficient (Wildman–Crippen LogP) is 1.92. The minimum absolute atomic E-state index is 0.0601. The van der Waals surface area contributed by atoms with Crippen LogP contribution in [-0.2, 0) is 14.8 Å². The first-order valence-electron chi connectivity index (χ1n) is 8.98. The molecule has 1 fully saturated rings. The molecule has 1 atom stereocenters. The fraction of sp³-hybridized carbons (Fsp3) is 0.611. The van der Waals surface area contributed by atoms with Crippen LogP contribution in [0.2, 0.25) is 0 Å². The van der Waals surface area contributed by atoms with E-state index in [4.69, 9.17) is 0 Å². The Morgan fingerprint density at radius 1 is 1.23 bits per heavy atom. The van der Waals surface area contributed by atoms with Crippen molar-refractivity contribution in [1.29, 1.82) is 0 Å². The van der Waals surface area contributed by atoms with Gasteiger partial charge in [0.25, 0.3) is 0 Å². The second-order valence-corrected chi connectivity index (χ2v) is 8.64. The Bertz CT molecular complexity index is 718. The lowest BCUT2D eigenvalue weighted by Crippen LogP contribution is -2.50. The van der Waals surface area contributed by atoms with Crippen molar-refractivity contribution >= 4 is 21.6 Å². The predicted molar refractivity (Wildman–Crippen MR) is 101 cm³/mol. The number of hydrogen-bond acceptors (Lipinski definition) is 4. The molecule has 0 N–H and O–H groups in total. The van der Waals surface area contributed by atoms with E-state index in [1.807, 2.05) is 18.7 Å². The van der Waals surface area contributed by atoms with Crippen LogP contribution in [-0.4, -0.2) is 68.6 Å². The van der Waals surface area contributed by atoms with Crippen LogP contribution in [0.5, 0.6) is 0 Å². The van der Waals surface area contributed by atoms with Gasteiger partial charge < -0.3 is 9.80 Å². The summed E-state index contributed by atoms with van der Waals surface area (Å²) in [7, 11) is -3.34. The monoisotopic (exact) mass is 385 g/mol. The van der Waals surface area contributed by atoms with Crippen molar-refractivity contribution < 1.29 is 17.6 Å². The molecule has 6 nitrogen and oxygen atoms in total. The molecule has 8 heteroatoms. The van der Waals surface area contributed by atoms with Crippen molar-refractivity contribution in [2.45, 2.75) is 32.7 Å². The number of anilines is 1. The number of halogens is 1. The van der Waals surface area contributed by atoms with Crippen LogP contribution < -0.4 is 4.90 Å². The van der Waals surface area contributed by atoms with Gasteiger partial charge in [-0.25, -0.2) is 12.8 Å². The number of carbonyl (C=O) groups is 1. The van der Waals surface area contributed by atoms with Crippen LogP contribution in [0.4, 0.5) is 10.1 Å². The zero-order valence-electron chi connectivity index (χ0n) is 15.7. The van der Waals surface area contributed by atoms with Crippen LogP contribution in [0.3, 0.4) is 0 Å². The molecule has 0 bridgehead atoms. The van der Waals surface area contributed by atoms with Crippen LogP contribution in [0.25, 0.3) is 0 Å². The average Bonchev–Trinajstić information content (AvgIpc) is 2.61. The van der Waals surface area contributed by atoms with Gasteiger partial charge in [0.2, 0.25) is 15.9 Å². The molecule has 0 aliphatic carbocycles. The molecule has 1 amide bonds. The van der Waals surface area contributed by atoms with E-state index in [2.05, 4.69) is 0 Å². The number of hydrogen-bond donors (Lipinski definition) is 0. The molecule has 2 rings (SSSR count). The van der Waals surface area contributed by atoms with Crippen LogP contribution in [0, 0.1) is 5.82 Å². The van der Waals surface area contributed by atoms with Crippen LogP contribution >= 0.6 is 0 Å². The van der Waals surface area contributed by atoms with Gasteiger partial charge in [-0.15, -0.1) is 0 Å². The normalized spacial score (nSPS) is 16.8. The van der Waals surface area contributed by atoms with E-state index < -0.39 is 10.0 Å². The summed E-state index contributed by atoms with van der Waals surface area (Å²) in [6, 6.07) is 6.49. The Balaban J connectivity index is 1.89. The maximum absolute atomic E-state index is 13.9. The molecule has 0 radical (unpaired) electrons. The molecule has 1 aromatic carbocycles. The maximum atomic E-state index is 13.9. The molecule has 0 spiro atoms. The Labute approximate surface area is 155 Å². The maximum Gasteiger partial charge on any atom is 0.224 e. The summed E-state index contributed by atoms with van der Waals surface area (Å²) in [4.78, 5) is 16.1. The first-order valence-corrected chi connectivity index (χ1v) is 10.8. The number of sulfonamides is 1. The molecule has 1 aliphatic rings. The highest BCUT2D eigenvalue weighted by molar-refractivity contribution is 7.88. The van der Waals surface area contributed by atoms with Crippen LogP contribution in [0.15, 0.2) is 24.3 Å². The number of benzene rings is 1. The Hall–Kier alpha value is -1.67. The Morgan fingerprint density at radius 2 is 1.85 bits per heavy atom. The van der Waals surface area contributed by atoms with E-state index in [1.165, 1.54) is 16.6 Å². The van der Waals surface area contributed by atoms with Gasteiger partial charge in [0.15, 0.2) is 0 Å². The van der Waals surface area contributed by atoms with E-state index in [0.717, 1.165) is 0 Å². The minimum Gasteiger partial charge on any atom is -0.366 e. The zero-order valence-corrected chi connectivity index (χ0v) is 16.5. The molecule has 0 saturated carbocycles. The summed E-state index contributed by atoms with van der Waals surface area (Å²) < 4.78 is 39.1. The third kappa shape index (κ3) is 5.17. The second kappa shape index (κ2) is 8.81. The van der Waals surface area contributed by atoms with E-state index in [9.17, 15) is 17.6 Å². The van der Waals surface area contributed by atoms with Crippen molar-refractivity contribution in [3.05, 3.63) is 30.1 Å². The lowest BCUT2D eigenvalue weighted by molar-refractivity contribution is -0.131. The first kappa shape index (κ1) is 20.6. The van der Waals surface area contributed by atoms with Gasteiger partial charge >= 0.3 is 0 Å². The molecule has 146 valence electrons. The summed E-state index contributed by atoms with van der Waals surface area (Å²) in [6.07, 6.45) is 2.04. The molecule has 0 aromatic heterocycles. The number of para-hydroxylation sites is 1. The SMILES string of the molecule is CCC(C)N(CCC(=O)N1CCN(c2ccccc2F)CC1)S(C)(=O)=O. The molecule has 1 heterocycles. The van der Waals surface area contributed by atoms with E-state index in [0.29, 0.717) is 38.3 Å². The molecule has 1 unspecified atom stereocenters. The lowest BCUT2D eigenvalue weighted by atomic mass is 10.2. The number of amides is 1. The van der Waals surface area contributed by atoms with Crippen molar-refractivity contribution in [1.82, 2.24) is 9.21 Å². The van der Waals surface area contributed by atoms with Crippen molar-refractivity contribution in [3.63, 3.8) is 0 Å². The van der Waals surface area contributed by atoms with Gasteiger partial charge in [0.1, 0.15) is 5.82 Å². The van der Waals surface area contributed by atoms with E-state index in [-0.39, 0.29) is 30.7 Å². The second-order valence-electron chi connectivity index (χ2n) is 6.70. The molecule has 1 aliphatic heterocycles. The summed E-state index contributed by atoms with van der Waals surface area (Å²) in [5.41, 5.74) is 0.555. The molecule has 1 aromatic rings. The highest BCUT2D eigenvalue weighted by atomic mass is 32.2. The van der Waals surface area contributed by atoms with Gasteiger partial charge in [-0.2, -0.15) is 4.31 Å². The third-order valence-electron chi connectivity index (χ3n) is 4.88. The molecule has 1 saturated heterocycles. The van der Waals surface area contributed by atoms with E-state index >= 15 is 0 Å². The summed E-state index contributed by atoms with van der Waals surface area (Å²) >= 11 is 0. The minimum atomic E-state index is -3.34. The quantitative estimate of drug-likeness (QED) is 0.720.